The molecule has 0 radical (unpaired) electrons. The van der Waals surface area contributed by atoms with Crippen LogP contribution in [0.2, 0.25) is 0 Å². The third kappa shape index (κ3) is 3.68. The summed E-state index contributed by atoms with van der Waals surface area (Å²) in [4.78, 5) is 10.5. The zero-order chi connectivity index (χ0) is 15.5. The largest absolute Gasteiger partial charge is 0.399 e. The fourth-order valence-corrected chi connectivity index (χ4v) is 3.35. The summed E-state index contributed by atoms with van der Waals surface area (Å²) in [7, 11) is -3.35. The van der Waals surface area contributed by atoms with Crippen molar-refractivity contribution in [3.8, 4) is 0 Å². The molecule has 2 N–H and O–H groups in total. The van der Waals surface area contributed by atoms with E-state index < -0.39 is 12.3 Å². The van der Waals surface area contributed by atoms with Gasteiger partial charge in [0.1, 0.15) is 5.30 Å². The molecule has 0 fully saturated rings. The van der Waals surface area contributed by atoms with E-state index in [0.717, 1.165) is 5.56 Å². The fourth-order valence-electron chi connectivity index (χ4n) is 1.86. The lowest BCUT2D eigenvalue weighted by atomic mass is 10.2. The van der Waals surface area contributed by atoms with Crippen LogP contribution in [0.15, 0.2) is 48.5 Å². The van der Waals surface area contributed by atoms with Crippen LogP contribution in [0.1, 0.15) is 5.56 Å². The molecule has 0 aliphatic carbocycles. The Kier molecular flexibility index (Phi) is 4.40. The molecular weight excluding hydrogens is 291 g/mol. The van der Waals surface area contributed by atoms with Crippen molar-refractivity contribution < 1.29 is 14.0 Å². The number of hydrogen-bond donors (Lipinski definition) is 1. The number of nitrogen functional groups attached to an aromatic ring is 1. The van der Waals surface area contributed by atoms with E-state index in [1.165, 1.54) is 24.9 Å². The van der Waals surface area contributed by atoms with Gasteiger partial charge in [0.25, 0.3) is 5.69 Å². The maximum absolute atomic E-state index is 12.7. The molecule has 2 aromatic rings. The molecule has 0 aliphatic heterocycles. The molecule has 21 heavy (non-hydrogen) atoms. The molecule has 0 aliphatic rings. The van der Waals surface area contributed by atoms with Gasteiger partial charge in [0.05, 0.1) is 11.5 Å². The molecule has 1 atom stereocenters. The van der Waals surface area contributed by atoms with E-state index in [-0.39, 0.29) is 17.6 Å². The highest BCUT2D eigenvalue weighted by atomic mass is 31.2. The molecule has 0 saturated heterocycles. The Hall–Kier alpha value is -2.17. The molecule has 0 spiro atoms. The summed E-state index contributed by atoms with van der Waals surface area (Å²) in [6.45, 7) is 1.47. The van der Waals surface area contributed by atoms with Crippen molar-refractivity contribution >= 4 is 24.0 Å². The predicted octanol–water partition coefficient (Wildman–Crippen LogP) is 2.93. The van der Waals surface area contributed by atoms with E-state index >= 15 is 0 Å². The quantitative estimate of drug-likeness (QED) is 0.396. The summed E-state index contributed by atoms with van der Waals surface area (Å²) in [5.41, 5.74) is 6.53. The number of nitrogens with two attached hydrogens (primary N) is 1. The maximum atomic E-state index is 12.7. The van der Waals surface area contributed by atoms with Gasteiger partial charge in [-0.2, -0.15) is 0 Å². The lowest BCUT2D eigenvalue weighted by Crippen LogP contribution is -2.13. The summed E-state index contributed by atoms with van der Waals surface area (Å²) in [5, 5.41) is 11.1. The number of nitro benzene ring substituents is 1. The van der Waals surface area contributed by atoms with Crippen LogP contribution >= 0.6 is 7.37 Å². The number of nitro groups is 1. The average Bonchev–Trinajstić information content (AvgIpc) is 2.46. The topological polar surface area (TPSA) is 95.5 Å². The van der Waals surface area contributed by atoms with E-state index in [9.17, 15) is 14.7 Å². The van der Waals surface area contributed by atoms with E-state index in [2.05, 4.69) is 0 Å². The van der Waals surface area contributed by atoms with Crippen molar-refractivity contribution in [1.82, 2.24) is 0 Å². The molecule has 0 heterocycles. The van der Waals surface area contributed by atoms with Gasteiger partial charge in [-0.1, -0.05) is 30.3 Å². The maximum Gasteiger partial charge on any atom is 0.282 e. The molecule has 6 nitrogen and oxygen atoms in total. The van der Waals surface area contributed by atoms with Crippen molar-refractivity contribution in [2.45, 2.75) is 6.61 Å². The molecule has 2 rings (SSSR count). The monoisotopic (exact) mass is 306 g/mol. The van der Waals surface area contributed by atoms with E-state index in [0.29, 0.717) is 5.69 Å². The van der Waals surface area contributed by atoms with Gasteiger partial charge in [-0.15, -0.1) is 0 Å². The summed E-state index contributed by atoms with van der Waals surface area (Å²) < 4.78 is 18.1. The molecule has 2 aromatic carbocycles. The second-order valence-electron chi connectivity index (χ2n) is 4.61. The minimum absolute atomic E-state index is 0.0310. The van der Waals surface area contributed by atoms with Crippen molar-refractivity contribution in [2.24, 2.45) is 0 Å². The van der Waals surface area contributed by atoms with Crippen LogP contribution in [-0.4, -0.2) is 11.6 Å². The Morgan fingerprint density at radius 2 is 1.90 bits per heavy atom. The molecule has 0 aromatic heterocycles. The molecular formula is C14H15N2O4P. The average molecular weight is 306 g/mol. The lowest BCUT2D eigenvalue weighted by Gasteiger charge is -2.15. The van der Waals surface area contributed by atoms with E-state index in [1.54, 1.807) is 0 Å². The summed E-state index contributed by atoms with van der Waals surface area (Å²) in [6.07, 6.45) is 0. The lowest BCUT2D eigenvalue weighted by molar-refractivity contribution is -0.383. The minimum Gasteiger partial charge on any atom is -0.399 e. The Bertz CT molecular complexity index is 703. The first-order valence-electron chi connectivity index (χ1n) is 6.20. The molecule has 7 heteroatoms. The highest BCUT2D eigenvalue weighted by molar-refractivity contribution is 7.66. The second kappa shape index (κ2) is 6.08. The first-order chi connectivity index (χ1) is 9.90. The zero-order valence-corrected chi connectivity index (χ0v) is 12.3. The van der Waals surface area contributed by atoms with Gasteiger partial charge < -0.3 is 10.3 Å². The first kappa shape index (κ1) is 15.2. The third-order valence-corrected chi connectivity index (χ3v) is 4.81. The van der Waals surface area contributed by atoms with Gasteiger partial charge in [-0.25, -0.2) is 0 Å². The zero-order valence-electron chi connectivity index (χ0n) is 11.4. The number of hydrogen-bond acceptors (Lipinski definition) is 5. The number of anilines is 1. The molecule has 0 saturated carbocycles. The van der Waals surface area contributed by atoms with Gasteiger partial charge >= 0.3 is 0 Å². The summed E-state index contributed by atoms with van der Waals surface area (Å²) >= 11 is 0. The van der Waals surface area contributed by atoms with Crippen LogP contribution in [0.5, 0.6) is 0 Å². The van der Waals surface area contributed by atoms with Gasteiger partial charge in [0.2, 0.25) is 7.37 Å². The van der Waals surface area contributed by atoms with E-state index in [4.69, 9.17) is 10.3 Å². The van der Waals surface area contributed by atoms with Crippen LogP contribution in [-0.2, 0) is 15.7 Å². The Morgan fingerprint density at radius 3 is 2.52 bits per heavy atom. The van der Waals surface area contributed by atoms with Crippen molar-refractivity contribution in [2.75, 3.05) is 12.4 Å². The Labute approximate surface area is 122 Å². The Balaban J connectivity index is 2.29. The highest BCUT2D eigenvalue weighted by Gasteiger charge is 2.29. The normalized spacial score (nSPS) is 13.6. The van der Waals surface area contributed by atoms with Crippen molar-refractivity contribution in [3.63, 3.8) is 0 Å². The number of nitrogens with zero attached hydrogens (tertiary/aromatic N) is 1. The molecule has 0 amide bonds. The van der Waals surface area contributed by atoms with Gasteiger partial charge in [-0.3, -0.25) is 14.7 Å². The number of rotatable bonds is 5. The second-order valence-corrected chi connectivity index (χ2v) is 7.04. The smallest absolute Gasteiger partial charge is 0.282 e. The summed E-state index contributed by atoms with van der Waals surface area (Å²) in [5.74, 6) is 0. The fraction of sp³-hybridized carbons (Fsp3) is 0.143. The summed E-state index contributed by atoms with van der Waals surface area (Å²) in [6, 6.07) is 13.2. The van der Waals surface area contributed by atoms with Crippen LogP contribution in [0.3, 0.4) is 0 Å². The van der Waals surface area contributed by atoms with Crippen LogP contribution in [0.25, 0.3) is 0 Å². The minimum atomic E-state index is -3.35. The number of benzene rings is 2. The molecule has 1 unspecified atom stereocenters. The first-order valence-corrected chi connectivity index (χ1v) is 8.28. The van der Waals surface area contributed by atoms with Crippen LogP contribution in [0.4, 0.5) is 11.4 Å². The highest BCUT2D eigenvalue weighted by Crippen LogP contribution is 2.45. The van der Waals surface area contributed by atoms with E-state index in [1.807, 2.05) is 30.3 Å². The Morgan fingerprint density at radius 1 is 1.24 bits per heavy atom. The van der Waals surface area contributed by atoms with Gasteiger partial charge in [0, 0.05) is 18.4 Å². The SMILES string of the molecule is CP(=O)(OCc1ccccc1)c1cc(N)ccc1[N+](=O)[O-]. The van der Waals surface area contributed by atoms with Crippen molar-refractivity contribution in [1.29, 1.82) is 0 Å². The van der Waals surface area contributed by atoms with Crippen molar-refractivity contribution in [3.05, 3.63) is 64.2 Å². The standard InChI is InChI=1S/C14H15N2O4P/c1-21(19,20-10-11-5-3-2-4-6-11)14-9-12(15)7-8-13(14)16(17)18/h2-9H,10,15H2,1H3. The van der Waals surface area contributed by atoms with Crippen LogP contribution < -0.4 is 11.0 Å². The van der Waals surface area contributed by atoms with Gasteiger partial charge in [-0.05, 0) is 17.7 Å². The van der Waals surface area contributed by atoms with Gasteiger partial charge in [0.15, 0.2) is 0 Å². The predicted molar refractivity (Wildman–Crippen MR) is 81.9 cm³/mol. The van der Waals surface area contributed by atoms with Crippen LogP contribution in [0, 0.1) is 10.1 Å². The molecule has 110 valence electrons. The molecule has 0 bridgehead atoms. The third-order valence-electron chi connectivity index (χ3n) is 2.95.